The van der Waals surface area contributed by atoms with Crippen LogP contribution >= 0.6 is 0 Å². The maximum atomic E-state index is 12.1. The van der Waals surface area contributed by atoms with Crippen molar-refractivity contribution in [2.75, 3.05) is 26.4 Å². The lowest BCUT2D eigenvalue weighted by Gasteiger charge is -2.19. The average molecular weight is 445 g/mol. The summed E-state index contributed by atoms with van der Waals surface area (Å²) in [5, 5.41) is 9.50. The molecule has 0 heterocycles. The predicted molar refractivity (Wildman–Crippen MR) is 118 cm³/mol. The highest BCUT2D eigenvalue weighted by molar-refractivity contribution is 5.72. The van der Waals surface area contributed by atoms with Crippen molar-refractivity contribution in [1.82, 2.24) is 0 Å². The molecule has 0 aliphatic carbocycles. The van der Waals surface area contributed by atoms with Crippen molar-refractivity contribution >= 4 is 11.9 Å². The van der Waals surface area contributed by atoms with Crippen LogP contribution in [0.2, 0.25) is 0 Å². The Bertz CT molecular complexity index is 794. The second-order valence-corrected chi connectivity index (χ2v) is 7.66. The number of carbonyl (C=O) groups is 2. The van der Waals surface area contributed by atoms with Gasteiger partial charge in [0.25, 0.3) is 0 Å². The number of ether oxygens (including phenoxy) is 4. The Morgan fingerprint density at radius 2 is 1.22 bits per heavy atom. The summed E-state index contributed by atoms with van der Waals surface area (Å²) in [5.74, 6) is -1.67. The molecule has 0 spiro atoms. The van der Waals surface area contributed by atoms with Gasteiger partial charge in [-0.05, 0) is 25.0 Å². The normalized spacial score (nSPS) is 13.7. The van der Waals surface area contributed by atoms with E-state index in [4.69, 9.17) is 18.9 Å². The van der Waals surface area contributed by atoms with Crippen LogP contribution < -0.4 is 0 Å². The molecule has 2 aromatic carbocycles. The van der Waals surface area contributed by atoms with Gasteiger partial charge in [0, 0.05) is 0 Å². The molecule has 32 heavy (non-hydrogen) atoms. The number of aliphatic hydroxyl groups is 1. The molecule has 3 atom stereocenters. The molecule has 7 heteroatoms. The van der Waals surface area contributed by atoms with Gasteiger partial charge in [-0.1, -0.05) is 60.7 Å². The highest BCUT2D eigenvalue weighted by atomic mass is 16.6. The maximum absolute atomic E-state index is 12.1. The summed E-state index contributed by atoms with van der Waals surface area (Å²) in [7, 11) is 0. The molecule has 0 saturated heterocycles. The molecule has 0 radical (unpaired) electrons. The van der Waals surface area contributed by atoms with Gasteiger partial charge >= 0.3 is 11.9 Å². The SMILES string of the molecule is CC(COCC(CO)OCC(C)C(=O)OCc1ccccc1)C(=O)OCc1ccccc1. The van der Waals surface area contributed by atoms with Crippen molar-refractivity contribution in [1.29, 1.82) is 0 Å². The Kier molecular flexibility index (Phi) is 11.4. The number of benzene rings is 2. The van der Waals surface area contributed by atoms with Gasteiger partial charge in [0.15, 0.2) is 0 Å². The summed E-state index contributed by atoms with van der Waals surface area (Å²) in [6, 6.07) is 18.9. The van der Waals surface area contributed by atoms with Crippen LogP contribution in [0.3, 0.4) is 0 Å². The Hall–Kier alpha value is -2.74. The number of aliphatic hydroxyl groups excluding tert-OH is 1. The highest BCUT2D eigenvalue weighted by Crippen LogP contribution is 2.08. The molecule has 0 amide bonds. The van der Waals surface area contributed by atoms with Crippen LogP contribution in [0.25, 0.3) is 0 Å². The van der Waals surface area contributed by atoms with E-state index in [2.05, 4.69) is 0 Å². The summed E-state index contributed by atoms with van der Waals surface area (Å²) in [4.78, 5) is 24.2. The lowest BCUT2D eigenvalue weighted by Crippen LogP contribution is -2.30. The first-order valence-corrected chi connectivity index (χ1v) is 10.7. The van der Waals surface area contributed by atoms with E-state index in [1.165, 1.54) is 0 Å². The van der Waals surface area contributed by atoms with E-state index in [0.717, 1.165) is 11.1 Å². The first kappa shape index (κ1) is 25.5. The van der Waals surface area contributed by atoms with Crippen LogP contribution in [0, 0.1) is 11.8 Å². The molecule has 2 rings (SSSR count). The van der Waals surface area contributed by atoms with Crippen LogP contribution in [0.1, 0.15) is 25.0 Å². The number of hydrogen-bond donors (Lipinski definition) is 1. The van der Waals surface area contributed by atoms with Gasteiger partial charge in [0.1, 0.15) is 19.3 Å². The van der Waals surface area contributed by atoms with Crippen molar-refractivity contribution in [2.45, 2.75) is 33.2 Å². The number of rotatable bonds is 14. The van der Waals surface area contributed by atoms with Crippen LogP contribution in [-0.4, -0.2) is 49.6 Å². The highest BCUT2D eigenvalue weighted by Gasteiger charge is 2.19. The van der Waals surface area contributed by atoms with Gasteiger partial charge in [-0.25, -0.2) is 0 Å². The summed E-state index contributed by atoms with van der Waals surface area (Å²) in [5.41, 5.74) is 1.83. The van der Waals surface area contributed by atoms with Crippen molar-refractivity contribution in [3.05, 3.63) is 71.8 Å². The summed E-state index contributed by atoms with van der Waals surface area (Å²) in [6.45, 7) is 3.90. The van der Waals surface area contributed by atoms with Crippen LogP contribution in [-0.2, 0) is 41.8 Å². The van der Waals surface area contributed by atoms with E-state index in [9.17, 15) is 14.7 Å². The molecular weight excluding hydrogens is 412 g/mol. The van der Waals surface area contributed by atoms with Gasteiger partial charge in [-0.15, -0.1) is 0 Å². The lowest BCUT2D eigenvalue weighted by atomic mass is 10.2. The van der Waals surface area contributed by atoms with Crippen molar-refractivity contribution in [3.8, 4) is 0 Å². The van der Waals surface area contributed by atoms with Gasteiger partial charge in [0.2, 0.25) is 0 Å². The first-order valence-electron chi connectivity index (χ1n) is 10.7. The molecule has 2 aromatic rings. The maximum Gasteiger partial charge on any atom is 0.311 e. The Morgan fingerprint density at radius 1 is 0.750 bits per heavy atom. The molecule has 174 valence electrons. The predicted octanol–water partition coefficient (Wildman–Crippen LogP) is 3.14. The number of hydrogen-bond acceptors (Lipinski definition) is 7. The fourth-order valence-corrected chi connectivity index (χ4v) is 2.69. The fraction of sp³-hybridized carbons (Fsp3) is 0.440. The summed E-state index contributed by atoms with van der Waals surface area (Å²) >= 11 is 0. The molecule has 0 bridgehead atoms. The smallest absolute Gasteiger partial charge is 0.311 e. The number of esters is 2. The molecule has 0 aliphatic heterocycles. The van der Waals surface area contributed by atoms with E-state index in [0.29, 0.717) is 0 Å². The zero-order chi connectivity index (χ0) is 23.2. The molecule has 0 fully saturated rings. The van der Waals surface area contributed by atoms with E-state index in [1.807, 2.05) is 60.7 Å². The van der Waals surface area contributed by atoms with Gasteiger partial charge in [-0.3, -0.25) is 9.59 Å². The minimum absolute atomic E-state index is 0.0941. The first-order chi connectivity index (χ1) is 15.5. The molecule has 7 nitrogen and oxygen atoms in total. The Morgan fingerprint density at radius 3 is 1.69 bits per heavy atom. The third kappa shape index (κ3) is 9.60. The van der Waals surface area contributed by atoms with Gasteiger partial charge in [-0.2, -0.15) is 0 Å². The third-order valence-corrected chi connectivity index (χ3v) is 4.71. The minimum atomic E-state index is -0.605. The fourth-order valence-electron chi connectivity index (χ4n) is 2.69. The third-order valence-electron chi connectivity index (χ3n) is 4.71. The van der Waals surface area contributed by atoms with Crippen LogP contribution in [0.5, 0.6) is 0 Å². The molecule has 0 aromatic heterocycles. The van der Waals surface area contributed by atoms with E-state index >= 15 is 0 Å². The van der Waals surface area contributed by atoms with E-state index < -0.39 is 17.9 Å². The zero-order valence-electron chi connectivity index (χ0n) is 18.6. The Labute approximate surface area is 189 Å². The quantitative estimate of drug-likeness (QED) is 0.448. The summed E-state index contributed by atoms with van der Waals surface area (Å²) < 4.78 is 21.7. The number of carbonyl (C=O) groups excluding carboxylic acids is 2. The average Bonchev–Trinajstić information content (AvgIpc) is 2.83. The van der Waals surface area contributed by atoms with E-state index in [-0.39, 0.29) is 51.6 Å². The topological polar surface area (TPSA) is 91.3 Å². The molecule has 0 saturated carbocycles. The largest absolute Gasteiger partial charge is 0.461 e. The second-order valence-electron chi connectivity index (χ2n) is 7.66. The van der Waals surface area contributed by atoms with Gasteiger partial charge in [0.05, 0.1) is 38.3 Å². The van der Waals surface area contributed by atoms with E-state index in [1.54, 1.807) is 13.8 Å². The van der Waals surface area contributed by atoms with Crippen LogP contribution in [0.4, 0.5) is 0 Å². The van der Waals surface area contributed by atoms with Crippen LogP contribution in [0.15, 0.2) is 60.7 Å². The van der Waals surface area contributed by atoms with Gasteiger partial charge < -0.3 is 24.1 Å². The minimum Gasteiger partial charge on any atom is -0.461 e. The Balaban J connectivity index is 1.61. The molecule has 0 aliphatic rings. The lowest BCUT2D eigenvalue weighted by molar-refractivity contribution is -0.155. The second kappa shape index (κ2) is 14.3. The van der Waals surface area contributed by atoms with Crippen molar-refractivity contribution in [3.63, 3.8) is 0 Å². The standard InChI is InChI=1S/C25H32O7/c1-19(24(27)31-16-21-9-5-3-6-10-21)14-29-18-23(13-26)30-15-20(2)25(28)32-17-22-11-7-4-8-12-22/h3-12,19-20,23,26H,13-18H2,1-2H3. The van der Waals surface area contributed by atoms with Crippen molar-refractivity contribution in [2.24, 2.45) is 11.8 Å². The molecule has 1 N–H and O–H groups in total. The summed E-state index contributed by atoms with van der Waals surface area (Å²) in [6.07, 6.45) is -0.605. The molecule has 3 unspecified atom stereocenters. The monoisotopic (exact) mass is 444 g/mol. The zero-order valence-corrected chi connectivity index (χ0v) is 18.6. The van der Waals surface area contributed by atoms with Crippen molar-refractivity contribution < 1.29 is 33.6 Å². The molecular formula is C25H32O7.